The van der Waals surface area contributed by atoms with Crippen LogP contribution in [-0.2, 0) is 19.7 Å². The number of non-ortho nitro benzene ring substituents is 1. The first-order valence-corrected chi connectivity index (χ1v) is 12.2. The van der Waals surface area contributed by atoms with Crippen molar-refractivity contribution in [1.82, 2.24) is 5.32 Å². The van der Waals surface area contributed by atoms with Gasteiger partial charge in [0.25, 0.3) is 17.5 Å². The molecule has 0 aliphatic carbocycles. The number of anilines is 1. The number of halogens is 1. The van der Waals surface area contributed by atoms with Crippen molar-refractivity contribution >= 4 is 61.3 Å². The van der Waals surface area contributed by atoms with Crippen LogP contribution in [0, 0.1) is 10.1 Å². The van der Waals surface area contributed by atoms with Gasteiger partial charge in [0.15, 0.2) is 0 Å². The number of imide groups is 2. The Morgan fingerprint density at radius 2 is 1.69 bits per heavy atom. The number of nitro groups is 1. The predicted molar refractivity (Wildman–Crippen MR) is 130 cm³/mol. The summed E-state index contributed by atoms with van der Waals surface area (Å²) in [7, 11) is -4.25. The first-order chi connectivity index (χ1) is 17.1. The van der Waals surface area contributed by atoms with Gasteiger partial charge >= 0.3 is 16.1 Å². The molecule has 182 valence electrons. The van der Waals surface area contributed by atoms with Gasteiger partial charge in [-0.3, -0.25) is 25.0 Å². The van der Waals surface area contributed by atoms with Crippen molar-refractivity contribution in [3.05, 3.63) is 98.5 Å². The monoisotopic (exact) mass is 571 g/mol. The van der Waals surface area contributed by atoms with E-state index in [2.05, 4.69) is 15.9 Å². The fourth-order valence-corrected chi connectivity index (χ4v) is 4.61. The number of barbiturate groups is 1. The Morgan fingerprint density at radius 1 is 0.972 bits per heavy atom. The molecule has 4 rings (SSSR count). The fraction of sp³-hybridized carbons (Fsp3) is 0. The van der Waals surface area contributed by atoms with Crippen LogP contribution >= 0.6 is 15.9 Å². The highest BCUT2D eigenvalue weighted by atomic mass is 79.9. The maximum Gasteiger partial charge on any atom is 0.339 e. The van der Waals surface area contributed by atoms with E-state index < -0.39 is 38.5 Å². The minimum absolute atomic E-state index is 0.0377. The first kappa shape index (κ1) is 24.8. The summed E-state index contributed by atoms with van der Waals surface area (Å²) in [6.07, 6.45) is 1.06. The summed E-state index contributed by atoms with van der Waals surface area (Å²) >= 11 is 3.25. The van der Waals surface area contributed by atoms with Gasteiger partial charge < -0.3 is 4.18 Å². The van der Waals surface area contributed by atoms with Crippen molar-refractivity contribution in [2.75, 3.05) is 4.90 Å². The Hall–Kier alpha value is -4.36. The number of hydrogen-bond acceptors (Lipinski definition) is 8. The van der Waals surface area contributed by atoms with Crippen LogP contribution in [0.4, 0.5) is 16.2 Å². The number of hydrogen-bond donors (Lipinski definition) is 1. The molecule has 1 aliphatic rings. The molecule has 0 atom stereocenters. The van der Waals surface area contributed by atoms with Gasteiger partial charge in [0.1, 0.15) is 16.2 Å². The lowest BCUT2D eigenvalue weighted by Gasteiger charge is -2.26. The summed E-state index contributed by atoms with van der Waals surface area (Å²) < 4.78 is 31.2. The Kier molecular flexibility index (Phi) is 6.68. The van der Waals surface area contributed by atoms with Crippen LogP contribution in [0.3, 0.4) is 0 Å². The van der Waals surface area contributed by atoms with E-state index in [0.29, 0.717) is 9.37 Å². The molecular weight excluding hydrogens is 558 g/mol. The quantitative estimate of drug-likeness (QED) is 0.154. The number of rotatable bonds is 6. The summed E-state index contributed by atoms with van der Waals surface area (Å²) in [5, 5.41) is 13.1. The minimum Gasteiger partial charge on any atom is -0.378 e. The minimum atomic E-state index is -4.25. The molecule has 36 heavy (non-hydrogen) atoms. The van der Waals surface area contributed by atoms with Crippen LogP contribution < -0.4 is 14.4 Å². The summed E-state index contributed by atoms with van der Waals surface area (Å²) in [6, 6.07) is 15.2. The molecule has 1 heterocycles. The number of nitrogens with one attached hydrogen (secondary N) is 1. The highest BCUT2D eigenvalue weighted by Gasteiger charge is 2.37. The van der Waals surface area contributed by atoms with Crippen molar-refractivity contribution < 1.29 is 31.9 Å². The second-order valence-electron chi connectivity index (χ2n) is 7.27. The van der Waals surface area contributed by atoms with Crippen LogP contribution in [-0.4, -0.2) is 31.2 Å². The van der Waals surface area contributed by atoms with E-state index in [1.807, 2.05) is 5.32 Å². The molecule has 0 saturated carbocycles. The molecule has 0 spiro atoms. The largest absolute Gasteiger partial charge is 0.378 e. The van der Waals surface area contributed by atoms with Crippen molar-refractivity contribution in [2.24, 2.45) is 0 Å². The van der Waals surface area contributed by atoms with Gasteiger partial charge in [-0.25, -0.2) is 9.69 Å². The number of nitro benzene ring substituents is 1. The molecule has 1 aliphatic heterocycles. The van der Waals surface area contributed by atoms with Gasteiger partial charge in [-0.05, 0) is 42.5 Å². The molecule has 1 N–H and O–H groups in total. The predicted octanol–water partition coefficient (Wildman–Crippen LogP) is 3.79. The van der Waals surface area contributed by atoms with Crippen molar-refractivity contribution in [3.8, 4) is 5.75 Å². The van der Waals surface area contributed by atoms with E-state index in [9.17, 15) is 32.9 Å². The third-order valence-corrected chi connectivity index (χ3v) is 6.65. The average molecular weight is 572 g/mol. The van der Waals surface area contributed by atoms with Crippen LogP contribution in [0.5, 0.6) is 5.75 Å². The molecule has 3 aromatic carbocycles. The number of amides is 4. The van der Waals surface area contributed by atoms with Crippen molar-refractivity contribution in [2.45, 2.75) is 4.90 Å². The third kappa shape index (κ3) is 5.01. The Labute approximate surface area is 212 Å². The second kappa shape index (κ2) is 9.71. The van der Waals surface area contributed by atoms with Gasteiger partial charge in [0.05, 0.1) is 10.6 Å². The van der Waals surface area contributed by atoms with Crippen molar-refractivity contribution in [1.29, 1.82) is 0 Å². The van der Waals surface area contributed by atoms with Crippen LogP contribution in [0.25, 0.3) is 6.08 Å². The first-order valence-electron chi connectivity index (χ1n) is 10.0. The number of carbonyl (C=O) groups is 3. The zero-order valence-corrected chi connectivity index (χ0v) is 20.4. The maximum absolute atomic E-state index is 13.2. The number of nitrogens with zero attached hydrogens (tertiary/aromatic N) is 2. The van der Waals surface area contributed by atoms with Gasteiger partial charge in [-0.1, -0.05) is 40.2 Å². The van der Waals surface area contributed by atoms with Gasteiger partial charge in [-0.2, -0.15) is 8.42 Å². The summed E-state index contributed by atoms with van der Waals surface area (Å²) in [5.41, 5.74) is -0.997. The zero-order chi connectivity index (χ0) is 26.0. The molecule has 1 saturated heterocycles. The third-order valence-electron chi connectivity index (χ3n) is 4.90. The van der Waals surface area contributed by atoms with E-state index in [1.165, 1.54) is 60.7 Å². The highest BCUT2D eigenvalue weighted by Crippen LogP contribution is 2.30. The Balaban J connectivity index is 1.76. The van der Waals surface area contributed by atoms with E-state index in [1.54, 1.807) is 6.07 Å². The molecule has 13 heteroatoms. The van der Waals surface area contributed by atoms with Gasteiger partial charge in [-0.15, -0.1) is 0 Å². The molecule has 4 amide bonds. The topological polar surface area (TPSA) is 153 Å². The lowest BCUT2D eigenvalue weighted by Crippen LogP contribution is -2.54. The molecule has 3 aromatic rings. The standard InChI is InChI=1S/C23H14BrN3O8S/c24-15-9-10-20(35-36(33,34)18-7-2-1-3-8-18)14(11-15)12-19-21(28)25-23(30)26(22(19)29)16-5-4-6-17(13-16)27(31)32/h1-13H,(H,25,28,30)/b19-12+. The molecule has 0 aromatic heterocycles. The van der Waals surface area contributed by atoms with Crippen molar-refractivity contribution in [3.63, 3.8) is 0 Å². The SMILES string of the molecule is O=C1NC(=O)N(c2cccc([N+](=O)[O-])c2)C(=O)/C1=C/c1cc(Br)ccc1OS(=O)(=O)c1ccccc1. The van der Waals surface area contributed by atoms with Gasteiger partial charge in [0, 0.05) is 22.2 Å². The molecule has 1 fully saturated rings. The highest BCUT2D eigenvalue weighted by molar-refractivity contribution is 9.10. The van der Waals surface area contributed by atoms with Crippen LogP contribution in [0.15, 0.2) is 87.7 Å². The Bertz CT molecular complexity index is 1550. The Morgan fingerprint density at radius 3 is 2.39 bits per heavy atom. The van der Waals surface area contributed by atoms with Gasteiger partial charge in [0.2, 0.25) is 0 Å². The number of urea groups is 1. The van der Waals surface area contributed by atoms with Crippen LogP contribution in [0.1, 0.15) is 5.56 Å². The molecule has 11 nitrogen and oxygen atoms in total. The smallest absolute Gasteiger partial charge is 0.339 e. The summed E-state index contributed by atoms with van der Waals surface area (Å²) in [5.74, 6) is -2.29. The van der Waals surface area contributed by atoms with E-state index in [0.717, 1.165) is 12.1 Å². The maximum atomic E-state index is 13.2. The normalized spacial score (nSPS) is 15.1. The lowest BCUT2D eigenvalue weighted by atomic mass is 10.1. The lowest BCUT2D eigenvalue weighted by molar-refractivity contribution is -0.384. The van der Waals surface area contributed by atoms with E-state index >= 15 is 0 Å². The van der Waals surface area contributed by atoms with E-state index in [-0.39, 0.29) is 27.6 Å². The molecule has 0 bridgehead atoms. The summed E-state index contributed by atoms with van der Waals surface area (Å²) in [4.78, 5) is 49.0. The van der Waals surface area contributed by atoms with Crippen LogP contribution in [0.2, 0.25) is 0 Å². The molecular formula is C23H14BrN3O8S. The average Bonchev–Trinajstić information content (AvgIpc) is 2.84. The number of benzene rings is 3. The fourth-order valence-electron chi connectivity index (χ4n) is 3.25. The second-order valence-corrected chi connectivity index (χ2v) is 9.73. The molecule has 0 radical (unpaired) electrons. The summed E-state index contributed by atoms with van der Waals surface area (Å²) in [6.45, 7) is 0. The molecule has 0 unspecified atom stereocenters. The number of carbonyl (C=O) groups excluding carboxylic acids is 3. The zero-order valence-electron chi connectivity index (χ0n) is 18.0. The van der Waals surface area contributed by atoms with E-state index in [4.69, 9.17) is 4.18 Å².